The summed E-state index contributed by atoms with van der Waals surface area (Å²) < 4.78 is 10.7. The van der Waals surface area contributed by atoms with Gasteiger partial charge in [0.05, 0.1) is 13.2 Å². The molecule has 25 heavy (non-hydrogen) atoms. The monoisotopic (exact) mass is 348 g/mol. The summed E-state index contributed by atoms with van der Waals surface area (Å²) in [6, 6.07) is 0. The molecular formula is C18H28N4O3. The van der Waals surface area contributed by atoms with E-state index in [1.165, 1.54) is 25.7 Å². The van der Waals surface area contributed by atoms with Gasteiger partial charge in [0, 0.05) is 43.9 Å². The second-order valence-electron chi connectivity index (χ2n) is 7.63. The molecule has 1 aliphatic heterocycles. The molecule has 3 aliphatic rings. The molecular weight excluding hydrogens is 320 g/mol. The Morgan fingerprint density at radius 3 is 2.72 bits per heavy atom. The van der Waals surface area contributed by atoms with Crippen LogP contribution in [0.3, 0.4) is 0 Å². The number of amides is 1. The first-order valence-corrected chi connectivity index (χ1v) is 9.67. The van der Waals surface area contributed by atoms with E-state index in [1.54, 1.807) is 0 Å². The van der Waals surface area contributed by atoms with E-state index in [0.29, 0.717) is 24.7 Å². The second kappa shape index (κ2) is 7.41. The average Bonchev–Trinajstić information content (AvgIpc) is 3.20. The highest BCUT2D eigenvalue weighted by Gasteiger charge is 2.40. The topological polar surface area (TPSA) is 80.5 Å². The summed E-state index contributed by atoms with van der Waals surface area (Å²) in [5.74, 6) is 1.96. The number of nitrogens with one attached hydrogen (secondary N) is 1. The lowest BCUT2D eigenvalue weighted by atomic mass is 9.94. The van der Waals surface area contributed by atoms with E-state index in [0.717, 1.165) is 51.5 Å². The number of carbonyl (C=O) groups is 1. The maximum atomic E-state index is 12.3. The van der Waals surface area contributed by atoms with Crippen molar-refractivity contribution in [2.24, 2.45) is 0 Å². The van der Waals surface area contributed by atoms with Crippen LogP contribution in [0.25, 0.3) is 0 Å². The van der Waals surface area contributed by atoms with Crippen molar-refractivity contribution in [2.75, 3.05) is 32.8 Å². The van der Waals surface area contributed by atoms with Crippen molar-refractivity contribution in [1.29, 1.82) is 0 Å². The first-order chi connectivity index (χ1) is 12.3. The van der Waals surface area contributed by atoms with Crippen molar-refractivity contribution in [3.05, 3.63) is 11.7 Å². The maximum absolute atomic E-state index is 12.3. The van der Waals surface area contributed by atoms with Crippen LogP contribution in [0, 0.1) is 0 Å². The van der Waals surface area contributed by atoms with Gasteiger partial charge in [-0.25, -0.2) is 0 Å². The van der Waals surface area contributed by atoms with E-state index in [9.17, 15) is 4.79 Å². The molecule has 2 aliphatic carbocycles. The van der Waals surface area contributed by atoms with Gasteiger partial charge in [0.25, 0.3) is 0 Å². The maximum Gasteiger partial charge on any atom is 0.227 e. The summed E-state index contributed by atoms with van der Waals surface area (Å²) in [5, 5.41) is 7.16. The molecule has 7 heteroatoms. The van der Waals surface area contributed by atoms with Crippen LogP contribution in [0.1, 0.15) is 62.6 Å². The van der Waals surface area contributed by atoms with Crippen LogP contribution in [0.5, 0.6) is 0 Å². The molecule has 138 valence electrons. The highest BCUT2D eigenvalue weighted by atomic mass is 16.5. The number of ether oxygens (including phenoxy) is 1. The first-order valence-electron chi connectivity index (χ1n) is 9.67. The minimum Gasteiger partial charge on any atom is -0.379 e. The molecule has 0 aromatic carbocycles. The normalized spacial score (nSPS) is 23.7. The molecule has 1 amide bonds. The third kappa shape index (κ3) is 4.03. The molecule has 1 aromatic heterocycles. The van der Waals surface area contributed by atoms with Crippen molar-refractivity contribution in [2.45, 2.75) is 62.8 Å². The van der Waals surface area contributed by atoms with Gasteiger partial charge in [0.2, 0.25) is 11.8 Å². The fourth-order valence-corrected chi connectivity index (χ4v) is 4.12. The number of aromatic nitrogens is 2. The van der Waals surface area contributed by atoms with Gasteiger partial charge in [-0.05, 0) is 25.7 Å². The molecule has 0 atom stereocenters. The number of hydrogen-bond acceptors (Lipinski definition) is 6. The largest absolute Gasteiger partial charge is 0.379 e. The SMILES string of the molecule is O=C(CCc1nc(C2CC2)no1)NCC1(N2CCOCC2)CCCC1. The van der Waals surface area contributed by atoms with Crippen LogP contribution < -0.4 is 5.32 Å². The van der Waals surface area contributed by atoms with Crippen molar-refractivity contribution in [3.8, 4) is 0 Å². The Morgan fingerprint density at radius 2 is 2.00 bits per heavy atom. The highest BCUT2D eigenvalue weighted by Crippen LogP contribution is 2.38. The molecule has 2 heterocycles. The van der Waals surface area contributed by atoms with Gasteiger partial charge in [-0.1, -0.05) is 18.0 Å². The van der Waals surface area contributed by atoms with Gasteiger partial charge < -0.3 is 14.6 Å². The summed E-state index contributed by atoms with van der Waals surface area (Å²) in [4.78, 5) is 19.2. The van der Waals surface area contributed by atoms with Gasteiger partial charge in [-0.15, -0.1) is 0 Å². The summed E-state index contributed by atoms with van der Waals surface area (Å²) >= 11 is 0. The van der Waals surface area contributed by atoms with Crippen LogP contribution in [-0.2, 0) is 16.0 Å². The third-order valence-corrected chi connectivity index (χ3v) is 5.82. The zero-order valence-electron chi connectivity index (χ0n) is 14.8. The van der Waals surface area contributed by atoms with Gasteiger partial charge in [-0.3, -0.25) is 9.69 Å². The van der Waals surface area contributed by atoms with Gasteiger partial charge >= 0.3 is 0 Å². The Kier molecular flexibility index (Phi) is 5.03. The molecule has 0 bridgehead atoms. The average molecular weight is 348 g/mol. The Balaban J connectivity index is 1.26. The van der Waals surface area contributed by atoms with E-state index >= 15 is 0 Å². The molecule has 7 nitrogen and oxygen atoms in total. The van der Waals surface area contributed by atoms with Crippen LogP contribution in [0.15, 0.2) is 4.52 Å². The number of rotatable bonds is 7. The fraction of sp³-hybridized carbons (Fsp3) is 0.833. The number of aryl methyl sites for hydroxylation is 1. The van der Waals surface area contributed by atoms with Gasteiger partial charge in [0.1, 0.15) is 0 Å². The van der Waals surface area contributed by atoms with Crippen molar-refractivity contribution >= 4 is 5.91 Å². The predicted molar refractivity (Wildman–Crippen MR) is 91.2 cm³/mol. The predicted octanol–water partition coefficient (Wildman–Crippen LogP) is 1.64. The summed E-state index contributed by atoms with van der Waals surface area (Å²) in [7, 11) is 0. The highest BCUT2D eigenvalue weighted by molar-refractivity contribution is 5.76. The number of morpholine rings is 1. The Hall–Kier alpha value is -1.47. The molecule has 1 N–H and O–H groups in total. The quantitative estimate of drug-likeness (QED) is 0.807. The van der Waals surface area contributed by atoms with Crippen LogP contribution >= 0.6 is 0 Å². The summed E-state index contributed by atoms with van der Waals surface area (Å²) in [6.45, 7) is 4.29. The second-order valence-corrected chi connectivity index (χ2v) is 7.63. The zero-order valence-corrected chi connectivity index (χ0v) is 14.8. The number of nitrogens with zero attached hydrogens (tertiary/aromatic N) is 3. The lowest BCUT2D eigenvalue weighted by Crippen LogP contribution is -2.57. The first kappa shape index (κ1) is 17.0. The smallest absolute Gasteiger partial charge is 0.227 e. The van der Waals surface area contributed by atoms with Crippen molar-refractivity contribution < 1.29 is 14.1 Å². The molecule has 1 aromatic rings. The molecule has 3 fully saturated rings. The Bertz CT molecular complexity index is 587. The molecule has 2 saturated carbocycles. The summed E-state index contributed by atoms with van der Waals surface area (Å²) in [6.07, 6.45) is 8.08. The van der Waals surface area contributed by atoms with E-state index < -0.39 is 0 Å². The van der Waals surface area contributed by atoms with Crippen LogP contribution in [0.4, 0.5) is 0 Å². The standard InChI is InChI=1S/C18H28N4O3/c23-15(5-6-16-20-17(21-25-16)14-3-4-14)19-13-18(7-1-2-8-18)22-9-11-24-12-10-22/h14H,1-13H2,(H,19,23). The molecule has 0 radical (unpaired) electrons. The van der Waals surface area contributed by atoms with E-state index in [-0.39, 0.29) is 11.4 Å². The molecule has 1 saturated heterocycles. The minimum absolute atomic E-state index is 0.0747. The number of carbonyl (C=O) groups excluding carboxylic acids is 1. The van der Waals surface area contributed by atoms with Gasteiger partial charge in [0.15, 0.2) is 5.82 Å². The van der Waals surface area contributed by atoms with E-state index in [4.69, 9.17) is 9.26 Å². The Labute approximate surface area is 148 Å². The third-order valence-electron chi connectivity index (χ3n) is 5.82. The van der Waals surface area contributed by atoms with Crippen LogP contribution in [0.2, 0.25) is 0 Å². The minimum atomic E-state index is 0.0747. The fourth-order valence-electron chi connectivity index (χ4n) is 4.12. The van der Waals surface area contributed by atoms with E-state index in [1.807, 2.05) is 0 Å². The van der Waals surface area contributed by atoms with E-state index in [2.05, 4.69) is 20.4 Å². The molecule has 4 rings (SSSR count). The van der Waals surface area contributed by atoms with Crippen molar-refractivity contribution in [3.63, 3.8) is 0 Å². The van der Waals surface area contributed by atoms with Crippen molar-refractivity contribution in [1.82, 2.24) is 20.4 Å². The summed E-state index contributed by atoms with van der Waals surface area (Å²) in [5.41, 5.74) is 0.128. The number of hydrogen-bond donors (Lipinski definition) is 1. The Morgan fingerprint density at radius 1 is 1.24 bits per heavy atom. The lowest BCUT2D eigenvalue weighted by molar-refractivity contribution is -0.122. The van der Waals surface area contributed by atoms with Gasteiger partial charge in [-0.2, -0.15) is 4.98 Å². The molecule has 0 unspecified atom stereocenters. The molecule has 0 spiro atoms. The zero-order chi connectivity index (χ0) is 17.1. The lowest BCUT2D eigenvalue weighted by Gasteiger charge is -2.43. The van der Waals surface area contributed by atoms with Crippen LogP contribution in [-0.4, -0.2) is 59.3 Å².